The Bertz CT molecular complexity index is 848. The molecule has 0 saturated heterocycles. The summed E-state index contributed by atoms with van der Waals surface area (Å²) in [4.78, 5) is 22.5. The average molecular weight is 315 g/mol. The van der Waals surface area contributed by atoms with Gasteiger partial charge < -0.3 is 4.42 Å². The van der Waals surface area contributed by atoms with E-state index in [4.69, 9.17) is 4.42 Å². The first-order valence-electron chi connectivity index (χ1n) is 6.20. The van der Waals surface area contributed by atoms with Gasteiger partial charge in [-0.2, -0.15) is 5.10 Å². The van der Waals surface area contributed by atoms with Gasteiger partial charge in [0.25, 0.3) is 0 Å². The SMILES string of the molecule is O=C(N/N=C/c1ccc([N+](=O)[O-])s1)c1cc2ccccc2o1. The van der Waals surface area contributed by atoms with E-state index in [0.717, 1.165) is 16.7 Å². The normalized spacial score (nSPS) is 11.1. The molecule has 1 aromatic carbocycles. The molecule has 0 atom stereocenters. The van der Waals surface area contributed by atoms with Crippen LogP contribution in [-0.4, -0.2) is 17.0 Å². The van der Waals surface area contributed by atoms with Crippen molar-refractivity contribution in [1.29, 1.82) is 0 Å². The standard InChI is InChI=1S/C14H9N3O4S/c18-14(12-7-9-3-1-2-4-11(9)21-12)16-15-8-10-5-6-13(22-10)17(19)20/h1-8H,(H,16,18)/b15-8+. The molecule has 2 aromatic heterocycles. The van der Waals surface area contributed by atoms with E-state index < -0.39 is 10.8 Å². The van der Waals surface area contributed by atoms with Crippen molar-refractivity contribution < 1.29 is 14.1 Å². The second kappa shape index (κ2) is 5.78. The van der Waals surface area contributed by atoms with Crippen LogP contribution in [0.3, 0.4) is 0 Å². The molecule has 7 nitrogen and oxygen atoms in total. The Morgan fingerprint density at radius 2 is 2.14 bits per heavy atom. The summed E-state index contributed by atoms with van der Waals surface area (Å²) in [5.74, 6) is -0.339. The molecule has 1 amide bonds. The van der Waals surface area contributed by atoms with Crippen molar-refractivity contribution in [2.45, 2.75) is 0 Å². The van der Waals surface area contributed by atoms with E-state index in [1.54, 1.807) is 18.2 Å². The molecule has 0 aliphatic heterocycles. The summed E-state index contributed by atoms with van der Waals surface area (Å²) in [6.45, 7) is 0. The highest BCUT2D eigenvalue weighted by Gasteiger charge is 2.11. The third-order valence-electron chi connectivity index (χ3n) is 2.80. The Hall–Kier alpha value is -3.00. The number of nitrogens with zero attached hydrogens (tertiary/aromatic N) is 2. The Morgan fingerprint density at radius 3 is 2.86 bits per heavy atom. The monoisotopic (exact) mass is 315 g/mol. The fourth-order valence-electron chi connectivity index (χ4n) is 1.81. The molecule has 22 heavy (non-hydrogen) atoms. The summed E-state index contributed by atoms with van der Waals surface area (Å²) < 4.78 is 5.40. The minimum absolute atomic E-state index is 0.0186. The molecule has 1 N–H and O–H groups in total. The zero-order chi connectivity index (χ0) is 15.5. The lowest BCUT2D eigenvalue weighted by Crippen LogP contribution is -2.16. The minimum atomic E-state index is -0.487. The number of carbonyl (C=O) groups excluding carboxylic acids is 1. The lowest BCUT2D eigenvalue weighted by atomic mass is 10.2. The van der Waals surface area contributed by atoms with Gasteiger partial charge in [0, 0.05) is 11.5 Å². The van der Waals surface area contributed by atoms with Crippen molar-refractivity contribution in [3.63, 3.8) is 0 Å². The molecule has 0 aliphatic rings. The number of nitro groups is 1. The van der Waals surface area contributed by atoms with Crippen molar-refractivity contribution in [2.24, 2.45) is 5.10 Å². The number of hydrogen-bond donors (Lipinski definition) is 1. The molecular formula is C14H9N3O4S. The Kier molecular flexibility index (Phi) is 3.67. The Balaban J connectivity index is 1.68. The molecule has 0 fully saturated rings. The van der Waals surface area contributed by atoms with Crippen LogP contribution < -0.4 is 5.43 Å². The smallest absolute Gasteiger partial charge is 0.324 e. The van der Waals surface area contributed by atoms with Gasteiger partial charge in [0.1, 0.15) is 5.58 Å². The van der Waals surface area contributed by atoms with Crippen molar-refractivity contribution in [3.8, 4) is 0 Å². The lowest BCUT2D eigenvalue weighted by Gasteiger charge is -1.93. The van der Waals surface area contributed by atoms with Crippen LogP contribution in [0.5, 0.6) is 0 Å². The van der Waals surface area contributed by atoms with Gasteiger partial charge in [0.15, 0.2) is 5.76 Å². The number of rotatable bonds is 4. The van der Waals surface area contributed by atoms with E-state index >= 15 is 0 Å². The van der Waals surface area contributed by atoms with Gasteiger partial charge in [-0.25, -0.2) is 5.43 Å². The van der Waals surface area contributed by atoms with Crippen LogP contribution in [0.15, 0.2) is 52.0 Å². The van der Waals surface area contributed by atoms with E-state index in [1.807, 2.05) is 18.2 Å². The molecule has 3 aromatic rings. The molecule has 0 spiro atoms. The van der Waals surface area contributed by atoms with Crippen molar-refractivity contribution >= 4 is 39.4 Å². The highest BCUT2D eigenvalue weighted by Crippen LogP contribution is 2.22. The van der Waals surface area contributed by atoms with Gasteiger partial charge in [0.05, 0.1) is 16.0 Å². The minimum Gasteiger partial charge on any atom is -0.451 e. The van der Waals surface area contributed by atoms with Crippen LogP contribution >= 0.6 is 11.3 Å². The number of hydrazone groups is 1. The van der Waals surface area contributed by atoms with Gasteiger partial charge in [-0.3, -0.25) is 14.9 Å². The zero-order valence-electron chi connectivity index (χ0n) is 11.1. The fourth-order valence-corrected chi connectivity index (χ4v) is 2.51. The Labute approximate surface area is 128 Å². The first kappa shape index (κ1) is 14.0. The molecule has 0 saturated carbocycles. The number of furan rings is 1. The molecule has 3 rings (SSSR count). The van der Waals surface area contributed by atoms with Crippen LogP contribution in [0, 0.1) is 10.1 Å². The summed E-state index contributed by atoms with van der Waals surface area (Å²) >= 11 is 0.969. The van der Waals surface area contributed by atoms with E-state index in [9.17, 15) is 14.9 Å². The highest BCUT2D eigenvalue weighted by molar-refractivity contribution is 7.16. The molecule has 2 heterocycles. The predicted octanol–water partition coefficient (Wildman–Crippen LogP) is 3.17. The average Bonchev–Trinajstić information content (AvgIpc) is 3.13. The number of hydrogen-bond acceptors (Lipinski definition) is 6. The van der Waals surface area contributed by atoms with E-state index in [2.05, 4.69) is 10.5 Å². The number of nitrogens with one attached hydrogen (secondary N) is 1. The van der Waals surface area contributed by atoms with E-state index in [1.165, 1.54) is 12.3 Å². The summed E-state index contributed by atoms with van der Waals surface area (Å²) in [6.07, 6.45) is 1.35. The predicted molar refractivity (Wildman–Crippen MR) is 82.2 cm³/mol. The second-order valence-corrected chi connectivity index (χ2v) is 5.37. The van der Waals surface area contributed by atoms with E-state index in [0.29, 0.717) is 10.5 Å². The summed E-state index contributed by atoms with van der Waals surface area (Å²) in [5.41, 5.74) is 2.94. The van der Waals surface area contributed by atoms with Crippen LogP contribution in [0.1, 0.15) is 15.4 Å². The molecule has 0 aliphatic carbocycles. The number of carbonyl (C=O) groups is 1. The highest BCUT2D eigenvalue weighted by atomic mass is 32.1. The van der Waals surface area contributed by atoms with E-state index in [-0.39, 0.29) is 10.8 Å². The third kappa shape index (κ3) is 2.86. The lowest BCUT2D eigenvalue weighted by molar-refractivity contribution is -0.380. The number of para-hydroxylation sites is 1. The summed E-state index contributed by atoms with van der Waals surface area (Å²) in [6, 6.07) is 11.8. The summed E-state index contributed by atoms with van der Waals surface area (Å²) in [5, 5.41) is 15.2. The number of amides is 1. The number of benzene rings is 1. The van der Waals surface area contributed by atoms with Crippen molar-refractivity contribution in [1.82, 2.24) is 5.43 Å². The van der Waals surface area contributed by atoms with Gasteiger partial charge in [-0.05, 0) is 18.2 Å². The first-order chi connectivity index (χ1) is 10.6. The Morgan fingerprint density at radius 1 is 1.32 bits per heavy atom. The van der Waals surface area contributed by atoms with Crippen molar-refractivity contribution in [2.75, 3.05) is 0 Å². The van der Waals surface area contributed by atoms with Crippen molar-refractivity contribution in [3.05, 3.63) is 63.2 Å². The molecule has 0 bridgehead atoms. The first-order valence-corrected chi connectivity index (χ1v) is 7.01. The molecule has 110 valence electrons. The molecule has 0 radical (unpaired) electrons. The van der Waals surface area contributed by atoms with Gasteiger partial charge in [0.2, 0.25) is 0 Å². The molecular weight excluding hydrogens is 306 g/mol. The fraction of sp³-hybridized carbons (Fsp3) is 0. The molecule has 8 heteroatoms. The van der Waals surface area contributed by atoms with Gasteiger partial charge in [-0.15, -0.1) is 0 Å². The maximum Gasteiger partial charge on any atom is 0.324 e. The van der Waals surface area contributed by atoms with Crippen LogP contribution in [0.25, 0.3) is 11.0 Å². The number of fused-ring (bicyclic) bond motifs is 1. The maximum absolute atomic E-state index is 11.9. The summed E-state index contributed by atoms with van der Waals surface area (Å²) in [7, 11) is 0. The zero-order valence-corrected chi connectivity index (χ0v) is 11.9. The quantitative estimate of drug-likeness (QED) is 0.454. The topological polar surface area (TPSA) is 97.7 Å². The second-order valence-electron chi connectivity index (χ2n) is 4.28. The van der Waals surface area contributed by atoms with Gasteiger partial charge >= 0.3 is 10.9 Å². The largest absolute Gasteiger partial charge is 0.451 e. The third-order valence-corrected chi connectivity index (χ3v) is 3.77. The van der Waals surface area contributed by atoms with Crippen LogP contribution in [0.4, 0.5) is 5.00 Å². The van der Waals surface area contributed by atoms with Crippen LogP contribution in [-0.2, 0) is 0 Å². The van der Waals surface area contributed by atoms with Crippen LogP contribution in [0.2, 0.25) is 0 Å². The maximum atomic E-state index is 11.9. The number of thiophene rings is 1. The van der Waals surface area contributed by atoms with Gasteiger partial charge in [-0.1, -0.05) is 29.5 Å². The molecule has 0 unspecified atom stereocenters.